The van der Waals surface area contributed by atoms with Crippen molar-refractivity contribution in [3.8, 4) is 0 Å². The fourth-order valence-electron chi connectivity index (χ4n) is 0.884. The summed E-state index contributed by atoms with van der Waals surface area (Å²) >= 11 is 1.37. The smallest absolute Gasteiger partial charge is 0.279 e. The van der Waals surface area contributed by atoms with Crippen molar-refractivity contribution < 1.29 is 4.79 Å². The molecule has 72 valence electrons. The Morgan fingerprint density at radius 1 is 1.64 bits per heavy atom. The van der Waals surface area contributed by atoms with Gasteiger partial charge in [-0.25, -0.2) is 4.98 Å². The quantitative estimate of drug-likeness (QED) is 0.767. The fraction of sp³-hybridized carbons (Fsp3) is 0.143. The Balaban J connectivity index is 2.09. The number of anilines is 1. The molecule has 7 heteroatoms. The highest BCUT2D eigenvalue weighted by molar-refractivity contribution is 7.13. The number of nitrogens with one attached hydrogen (secondary N) is 2. The van der Waals surface area contributed by atoms with Crippen molar-refractivity contribution in [3.63, 3.8) is 0 Å². The molecule has 0 radical (unpaired) electrons. The number of carbonyl (C=O) groups is 1. The number of thiazole rings is 1. The minimum Gasteiger partial charge on any atom is -0.296 e. The first-order valence-corrected chi connectivity index (χ1v) is 4.73. The Morgan fingerprint density at radius 3 is 3.07 bits per heavy atom. The summed E-state index contributed by atoms with van der Waals surface area (Å²) in [5.41, 5.74) is 1.13. The first-order chi connectivity index (χ1) is 6.75. The average molecular weight is 209 g/mol. The maximum atomic E-state index is 11.4. The van der Waals surface area contributed by atoms with Gasteiger partial charge in [-0.3, -0.25) is 10.1 Å². The summed E-state index contributed by atoms with van der Waals surface area (Å²) in [5.74, 6) is -0.312. The maximum absolute atomic E-state index is 11.4. The van der Waals surface area contributed by atoms with Crippen molar-refractivity contribution in [3.05, 3.63) is 23.0 Å². The normalized spacial score (nSPS) is 10.1. The van der Waals surface area contributed by atoms with Gasteiger partial charge in [0.2, 0.25) is 0 Å². The molecule has 2 aromatic heterocycles. The van der Waals surface area contributed by atoms with Gasteiger partial charge >= 0.3 is 0 Å². The predicted molar refractivity (Wildman–Crippen MR) is 51.2 cm³/mol. The minimum absolute atomic E-state index is 0.248. The third-order valence-corrected chi connectivity index (χ3v) is 2.36. The highest BCUT2D eigenvalue weighted by Crippen LogP contribution is 2.14. The molecule has 0 bridgehead atoms. The van der Waals surface area contributed by atoms with E-state index in [2.05, 4.69) is 25.7 Å². The van der Waals surface area contributed by atoms with Gasteiger partial charge in [0.1, 0.15) is 0 Å². The number of aromatic nitrogens is 4. The van der Waals surface area contributed by atoms with E-state index in [1.54, 1.807) is 0 Å². The van der Waals surface area contributed by atoms with E-state index in [4.69, 9.17) is 0 Å². The predicted octanol–water partition coefficient (Wildman–Crippen LogP) is 0.822. The largest absolute Gasteiger partial charge is 0.296 e. The SMILES string of the molecule is Cc1csc(NC(=O)c2cn[nH]n2)n1. The number of H-pyrrole nitrogens is 1. The van der Waals surface area contributed by atoms with E-state index in [1.807, 2.05) is 12.3 Å². The molecule has 0 aliphatic carbocycles. The second kappa shape index (κ2) is 3.54. The zero-order chi connectivity index (χ0) is 9.97. The second-order valence-corrected chi connectivity index (χ2v) is 3.46. The molecule has 6 nitrogen and oxygen atoms in total. The van der Waals surface area contributed by atoms with E-state index in [0.29, 0.717) is 5.13 Å². The van der Waals surface area contributed by atoms with E-state index in [-0.39, 0.29) is 11.6 Å². The van der Waals surface area contributed by atoms with Gasteiger partial charge in [0.25, 0.3) is 5.91 Å². The van der Waals surface area contributed by atoms with Crippen LogP contribution in [-0.4, -0.2) is 26.3 Å². The molecule has 0 saturated heterocycles. The summed E-state index contributed by atoms with van der Waals surface area (Å²) in [5, 5.41) is 14.6. The molecule has 0 spiro atoms. The molecule has 0 saturated carbocycles. The number of hydrogen-bond acceptors (Lipinski definition) is 5. The number of aryl methyl sites for hydroxylation is 1. The van der Waals surface area contributed by atoms with Gasteiger partial charge in [-0.1, -0.05) is 0 Å². The van der Waals surface area contributed by atoms with Gasteiger partial charge in [-0.05, 0) is 6.92 Å². The highest BCUT2D eigenvalue weighted by atomic mass is 32.1. The van der Waals surface area contributed by atoms with Crippen molar-refractivity contribution >= 4 is 22.4 Å². The van der Waals surface area contributed by atoms with Crippen molar-refractivity contribution in [2.24, 2.45) is 0 Å². The van der Waals surface area contributed by atoms with E-state index in [9.17, 15) is 4.79 Å². The lowest BCUT2D eigenvalue weighted by Gasteiger charge is -1.95. The first-order valence-electron chi connectivity index (χ1n) is 3.85. The molecule has 1 amide bonds. The molecule has 0 unspecified atom stereocenters. The lowest BCUT2D eigenvalue weighted by Crippen LogP contribution is -2.12. The van der Waals surface area contributed by atoms with Crippen LogP contribution in [0.5, 0.6) is 0 Å². The Kier molecular flexibility index (Phi) is 2.23. The van der Waals surface area contributed by atoms with E-state index in [0.717, 1.165) is 5.69 Å². The summed E-state index contributed by atoms with van der Waals surface area (Å²) < 4.78 is 0. The summed E-state index contributed by atoms with van der Waals surface area (Å²) in [6.07, 6.45) is 1.36. The maximum Gasteiger partial charge on any atom is 0.279 e. The molecule has 0 aromatic carbocycles. The van der Waals surface area contributed by atoms with Crippen LogP contribution in [0, 0.1) is 6.92 Å². The lowest BCUT2D eigenvalue weighted by atomic mass is 10.4. The lowest BCUT2D eigenvalue weighted by molar-refractivity contribution is 0.102. The summed E-state index contributed by atoms with van der Waals surface area (Å²) in [6.45, 7) is 1.86. The summed E-state index contributed by atoms with van der Waals surface area (Å²) in [6, 6.07) is 0. The number of carbonyl (C=O) groups excluding carboxylic acids is 1. The topological polar surface area (TPSA) is 83.6 Å². The third-order valence-electron chi connectivity index (χ3n) is 1.49. The first kappa shape index (κ1) is 8.82. The molecule has 2 N–H and O–H groups in total. The van der Waals surface area contributed by atoms with E-state index in [1.165, 1.54) is 17.5 Å². The van der Waals surface area contributed by atoms with E-state index >= 15 is 0 Å². The second-order valence-electron chi connectivity index (χ2n) is 2.60. The van der Waals surface area contributed by atoms with Crippen molar-refractivity contribution in [2.45, 2.75) is 6.92 Å². The van der Waals surface area contributed by atoms with Gasteiger partial charge in [0, 0.05) is 5.38 Å². The van der Waals surface area contributed by atoms with E-state index < -0.39 is 0 Å². The van der Waals surface area contributed by atoms with Crippen molar-refractivity contribution in [1.29, 1.82) is 0 Å². The number of rotatable bonds is 2. The van der Waals surface area contributed by atoms with Crippen molar-refractivity contribution in [1.82, 2.24) is 20.4 Å². The fourth-order valence-corrected chi connectivity index (χ4v) is 1.57. The van der Waals surface area contributed by atoms with Gasteiger partial charge in [0.15, 0.2) is 10.8 Å². The number of amides is 1. The van der Waals surface area contributed by atoms with Crippen molar-refractivity contribution in [2.75, 3.05) is 5.32 Å². The van der Waals surface area contributed by atoms with Crippen LogP contribution in [0.4, 0.5) is 5.13 Å². The van der Waals surface area contributed by atoms with Crippen LogP contribution in [-0.2, 0) is 0 Å². The Bertz CT molecular complexity index is 435. The molecular formula is C7H7N5OS. The Hall–Kier alpha value is -1.76. The Morgan fingerprint density at radius 2 is 2.50 bits per heavy atom. The van der Waals surface area contributed by atoms with Crippen LogP contribution in [0.3, 0.4) is 0 Å². The average Bonchev–Trinajstić information content (AvgIpc) is 2.75. The number of hydrogen-bond donors (Lipinski definition) is 2. The van der Waals surface area contributed by atoms with Crippen LogP contribution in [0.1, 0.15) is 16.2 Å². The molecule has 2 rings (SSSR count). The van der Waals surface area contributed by atoms with Crippen LogP contribution < -0.4 is 5.32 Å². The van der Waals surface area contributed by atoms with Gasteiger partial charge in [-0.2, -0.15) is 15.4 Å². The van der Waals surface area contributed by atoms with Crippen LogP contribution in [0.15, 0.2) is 11.6 Å². The van der Waals surface area contributed by atoms with Gasteiger partial charge < -0.3 is 0 Å². The third kappa shape index (κ3) is 1.77. The minimum atomic E-state index is -0.312. The zero-order valence-electron chi connectivity index (χ0n) is 7.31. The molecule has 0 aliphatic heterocycles. The van der Waals surface area contributed by atoms with Gasteiger partial charge in [-0.15, -0.1) is 11.3 Å². The van der Waals surface area contributed by atoms with Gasteiger partial charge in [0.05, 0.1) is 11.9 Å². The Labute approximate surface area is 83.4 Å². The standard InChI is InChI=1S/C7H7N5OS/c1-4-3-14-7(9-4)10-6(13)5-2-8-12-11-5/h2-3H,1H3,(H,8,11,12)(H,9,10,13). The molecule has 2 heterocycles. The molecule has 2 aromatic rings. The summed E-state index contributed by atoms with van der Waals surface area (Å²) in [7, 11) is 0. The molecule has 14 heavy (non-hydrogen) atoms. The summed E-state index contributed by atoms with van der Waals surface area (Å²) in [4.78, 5) is 15.5. The molecule has 0 aliphatic rings. The highest BCUT2D eigenvalue weighted by Gasteiger charge is 2.10. The van der Waals surface area contributed by atoms with Crippen LogP contribution in [0.2, 0.25) is 0 Å². The number of aromatic amines is 1. The zero-order valence-corrected chi connectivity index (χ0v) is 8.13. The van der Waals surface area contributed by atoms with Crippen LogP contribution >= 0.6 is 11.3 Å². The monoisotopic (exact) mass is 209 g/mol. The van der Waals surface area contributed by atoms with Crippen LogP contribution in [0.25, 0.3) is 0 Å². The molecule has 0 fully saturated rings. The molecular weight excluding hydrogens is 202 g/mol. The number of nitrogens with zero attached hydrogens (tertiary/aromatic N) is 3. The molecule has 0 atom stereocenters.